The molecule has 1 aromatic rings. The first-order valence-corrected chi connectivity index (χ1v) is 10.5. The van der Waals surface area contributed by atoms with Crippen molar-refractivity contribution in [3.63, 3.8) is 0 Å². The molecule has 2 fully saturated rings. The summed E-state index contributed by atoms with van der Waals surface area (Å²) in [5.74, 6) is 0.712. The van der Waals surface area contributed by atoms with Crippen LogP contribution in [0.3, 0.4) is 0 Å². The van der Waals surface area contributed by atoms with Crippen molar-refractivity contribution in [3.8, 4) is 0 Å². The van der Waals surface area contributed by atoms with Gasteiger partial charge in [0.05, 0.1) is 0 Å². The molecular formula is C23H34N2O2. The number of fused-ring (bicyclic) bond motifs is 2. The van der Waals surface area contributed by atoms with E-state index in [0.29, 0.717) is 19.0 Å². The molecule has 0 aliphatic carbocycles. The molecule has 148 valence electrons. The van der Waals surface area contributed by atoms with Gasteiger partial charge in [0.1, 0.15) is 0 Å². The van der Waals surface area contributed by atoms with Crippen molar-refractivity contribution in [2.45, 2.75) is 77.8 Å². The van der Waals surface area contributed by atoms with E-state index in [9.17, 15) is 9.59 Å². The molecule has 2 amide bonds. The first kappa shape index (κ1) is 19.9. The molecule has 4 nitrogen and oxygen atoms in total. The van der Waals surface area contributed by atoms with E-state index in [0.717, 1.165) is 32.2 Å². The van der Waals surface area contributed by atoms with Crippen LogP contribution in [0.15, 0.2) is 30.3 Å². The molecule has 2 aliphatic rings. The Labute approximate surface area is 163 Å². The lowest BCUT2D eigenvalue weighted by molar-refractivity contribution is -0.142. The molecule has 2 saturated heterocycles. The summed E-state index contributed by atoms with van der Waals surface area (Å²) in [5.41, 5.74) is 0.898. The van der Waals surface area contributed by atoms with Crippen LogP contribution in [0.5, 0.6) is 0 Å². The van der Waals surface area contributed by atoms with Gasteiger partial charge in [-0.2, -0.15) is 0 Å². The van der Waals surface area contributed by atoms with E-state index in [1.807, 2.05) is 36.9 Å². The molecule has 0 saturated carbocycles. The Morgan fingerprint density at radius 1 is 1.11 bits per heavy atom. The zero-order valence-corrected chi connectivity index (χ0v) is 17.3. The maximum Gasteiger partial charge on any atom is 0.228 e. The van der Waals surface area contributed by atoms with E-state index < -0.39 is 0 Å². The highest BCUT2D eigenvalue weighted by Gasteiger charge is 2.42. The van der Waals surface area contributed by atoms with Crippen LogP contribution in [0.4, 0.5) is 0 Å². The van der Waals surface area contributed by atoms with Gasteiger partial charge in [0.15, 0.2) is 0 Å². The third-order valence-electron chi connectivity index (χ3n) is 6.67. The van der Waals surface area contributed by atoms with Crippen molar-refractivity contribution >= 4 is 11.8 Å². The van der Waals surface area contributed by atoms with Crippen molar-refractivity contribution in [1.82, 2.24) is 9.80 Å². The molecule has 1 aromatic carbocycles. The SMILES string of the molecule is CCC(C)(C)C(=O)N1CCC2CCC(C1)N2C(=O)CC(C)c1ccccc1. The topological polar surface area (TPSA) is 40.6 Å². The fourth-order valence-electron chi connectivity index (χ4n) is 4.51. The molecule has 3 atom stereocenters. The molecule has 2 aliphatic heterocycles. The molecular weight excluding hydrogens is 336 g/mol. The third-order valence-corrected chi connectivity index (χ3v) is 6.67. The molecule has 2 bridgehead atoms. The second-order valence-electron chi connectivity index (χ2n) is 8.98. The highest BCUT2D eigenvalue weighted by atomic mass is 16.2. The van der Waals surface area contributed by atoms with E-state index in [4.69, 9.17) is 0 Å². The predicted octanol–water partition coefficient (Wildman–Crippen LogP) is 4.21. The van der Waals surface area contributed by atoms with Crippen LogP contribution in [0.2, 0.25) is 0 Å². The molecule has 3 rings (SSSR count). The summed E-state index contributed by atoms with van der Waals surface area (Å²) in [7, 11) is 0. The molecule has 0 radical (unpaired) electrons. The highest BCUT2D eigenvalue weighted by molar-refractivity contribution is 5.82. The molecule has 0 aromatic heterocycles. The zero-order chi connectivity index (χ0) is 19.6. The molecule has 4 heteroatoms. The van der Waals surface area contributed by atoms with Crippen LogP contribution in [0.1, 0.15) is 71.3 Å². The van der Waals surface area contributed by atoms with E-state index in [1.165, 1.54) is 5.56 Å². The minimum absolute atomic E-state index is 0.185. The lowest BCUT2D eigenvalue weighted by Gasteiger charge is -2.33. The van der Waals surface area contributed by atoms with Crippen LogP contribution in [0.25, 0.3) is 0 Å². The first-order chi connectivity index (χ1) is 12.8. The van der Waals surface area contributed by atoms with Gasteiger partial charge in [-0.15, -0.1) is 0 Å². The van der Waals surface area contributed by atoms with E-state index in [-0.39, 0.29) is 29.2 Å². The summed E-state index contributed by atoms with van der Waals surface area (Å²) in [4.78, 5) is 30.2. The number of amides is 2. The van der Waals surface area contributed by atoms with Gasteiger partial charge in [0.25, 0.3) is 0 Å². The van der Waals surface area contributed by atoms with Gasteiger partial charge in [-0.05, 0) is 37.2 Å². The Bertz CT molecular complexity index is 670. The average Bonchev–Trinajstić information content (AvgIpc) is 2.96. The van der Waals surface area contributed by atoms with Crippen molar-refractivity contribution < 1.29 is 9.59 Å². The number of carbonyl (C=O) groups is 2. The second kappa shape index (κ2) is 8.04. The molecule has 0 spiro atoms. The third kappa shape index (κ3) is 4.20. The normalized spacial score (nSPS) is 23.9. The summed E-state index contributed by atoms with van der Waals surface area (Å²) in [6.45, 7) is 9.74. The summed E-state index contributed by atoms with van der Waals surface area (Å²) in [6.07, 6.45) is 4.40. The van der Waals surface area contributed by atoms with Crippen LogP contribution in [0, 0.1) is 5.41 Å². The van der Waals surface area contributed by atoms with Crippen molar-refractivity contribution in [1.29, 1.82) is 0 Å². The van der Waals surface area contributed by atoms with E-state index in [1.54, 1.807) is 0 Å². The molecule has 2 heterocycles. The van der Waals surface area contributed by atoms with Crippen LogP contribution < -0.4 is 0 Å². The number of benzene rings is 1. The smallest absolute Gasteiger partial charge is 0.228 e. The van der Waals surface area contributed by atoms with Gasteiger partial charge in [-0.25, -0.2) is 0 Å². The quantitative estimate of drug-likeness (QED) is 0.779. The summed E-state index contributed by atoms with van der Waals surface area (Å²) >= 11 is 0. The van der Waals surface area contributed by atoms with Crippen molar-refractivity contribution in [3.05, 3.63) is 35.9 Å². The fraction of sp³-hybridized carbons (Fsp3) is 0.652. The molecule has 27 heavy (non-hydrogen) atoms. The largest absolute Gasteiger partial charge is 0.340 e. The number of carbonyl (C=O) groups excluding carboxylic acids is 2. The number of likely N-dealkylation sites (tertiary alicyclic amines) is 1. The Morgan fingerprint density at radius 3 is 2.44 bits per heavy atom. The molecule has 0 N–H and O–H groups in total. The van der Waals surface area contributed by atoms with Crippen molar-refractivity contribution in [2.24, 2.45) is 5.41 Å². The number of nitrogens with zero attached hydrogens (tertiary/aromatic N) is 2. The Kier molecular flexibility index (Phi) is 5.92. The molecule has 3 unspecified atom stereocenters. The number of hydrogen-bond acceptors (Lipinski definition) is 2. The summed E-state index contributed by atoms with van der Waals surface area (Å²) < 4.78 is 0. The lowest BCUT2D eigenvalue weighted by atomic mass is 9.88. The summed E-state index contributed by atoms with van der Waals surface area (Å²) in [6, 6.07) is 10.8. The van der Waals surface area contributed by atoms with Gasteiger partial charge < -0.3 is 9.80 Å². The number of hydrogen-bond donors (Lipinski definition) is 0. The van der Waals surface area contributed by atoms with E-state index in [2.05, 4.69) is 30.9 Å². The van der Waals surface area contributed by atoms with Gasteiger partial charge in [0.2, 0.25) is 11.8 Å². The lowest BCUT2D eigenvalue weighted by Crippen LogP contribution is -2.47. The van der Waals surface area contributed by atoms with Gasteiger partial charge >= 0.3 is 0 Å². The highest BCUT2D eigenvalue weighted by Crippen LogP contribution is 2.34. The average molecular weight is 371 g/mol. The maximum absolute atomic E-state index is 13.1. The zero-order valence-electron chi connectivity index (χ0n) is 17.3. The van der Waals surface area contributed by atoms with E-state index >= 15 is 0 Å². The monoisotopic (exact) mass is 370 g/mol. The minimum atomic E-state index is -0.319. The first-order valence-electron chi connectivity index (χ1n) is 10.5. The fourth-order valence-corrected chi connectivity index (χ4v) is 4.51. The predicted molar refractivity (Wildman–Crippen MR) is 108 cm³/mol. The second-order valence-corrected chi connectivity index (χ2v) is 8.98. The van der Waals surface area contributed by atoms with Gasteiger partial charge in [-0.1, -0.05) is 58.0 Å². The Morgan fingerprint density at radius 2 is 1.78 bits per heavy atom. The maximum atomic E-state index is 13.1. The summed E-state index contributed by atoms with van der Waals surface area (Å²) in [5, 5.41) is 0. The van der Waals surface area contributed by atoms with Gasteiger partial charge in [0, 0.05) is 37.0 Å². The van der Waals surface area contributed by atoms with Crippen LogP contribution >= 0.6 is 0 Å². The number of rotatable bonds is 5. The van der Waals surface area contributed by atoms with Crippen LogP contribution in [-0.4, -0.2) is 46.8 Å². The standard InChI is InChI=1S/C23H34N2O2/c1-5-23(3,4)22(27)24-14-13-19-11-12-20(16-24)25(19)21(26)15-17(2)18-9-7-6-8-10-18/h6-10,17,19-20H,5,11-16H2,1-4H3. The minimum Gasteiger partial charge on any atom is -0.340 e. The Balaban J connectivity index is 1.68. The Hall–Kier alpha value is -1.84. The van der Waals surface area contributed by atoms with Crippen molar-refractivity contribution in [2.75, 3.05) is 13.1 Å². The van der Waals surface area contributed by atoms with Crippen LogP contribution in [-0.2, 0) is 9.59 Å². The van der Waals surface area contributed by atoms with Gasteiger partial charge in [-0.3, -0.25) is 9.59 Å².